The van der Waals surface area contributed by atoms with Crippen molar-refractivity contribution in [3.05, 3.63) is 65.8 Å². The molecule has 0 spiro atoms. The van der Waals surface area contributed by atoms with Gasteiger partial charge in [0.1, 0.15) is 11.3 Å². The number of halogens is 1. The number of hydrogen-bond acceptors (Lipinski definition) is 2. The van der Waals surface area contributed by atoms with Crippen LogP contribution in [-0.2, 0) is 0 Å². The molecule has 0 amide bonds. The molecule has 0 aliphatic rings. The minimum Gasteiger partial charge on any atom is -0.505 e. The van der Waals surface area contributed by atoms with Crippen LogP contribution in [0.1, 0.15) is 5.56 Å². The fourth-order valence-corrected chi connectivity index (χ4v) is 2.57. The lowest BCUT2D eigenvalue weighted by molar-refractivity contribution is 0.482. The predicted molar refractivity (Wildman–Crippen MR) is 83.9 cm³/mol. The maximum absolute atomic E-state index is 10.5. The van der Waals surface area contributed by atoms with Crippen molar-refractivity contribution in [2.24, 2.45) is 0 Å². The average Bonchev–Trinajstić information content (AvgIpc) is 2.51. The molecule has 1 aromatic heterocycles. The summed E-state index contributed by atoms with van der Waals surface area (Å²) < 4.78 is 0. The van der Waals surface area contributed by atoms with Crippen molar-refractivity contribution in [1.29, 1.82) is 0 Å². The molecule has 0 unspecified atom stereocenters. The van der Waals surface area contributed by atoms with Gasteiger partial charge in [-0.1, -0.05) is 48.5 Å². The number of aromatic hydroxyl groups is 1. The summed E-state index contributed by atoms with van der Waals surface area (Å²) in [6, 6.07) is 13.1. The number of rotatable bonds is 2. The second-order valence-corrected chi connectivity index (χ2v) is 4.85. The fourth-order valence-electron chi connectivity index (χ4n) is 2.31. The monoisotopic (exact) mass is 281 g/mol. The van der Waals surface area contributed by atoms with Gasteiger partial charge < -0.3 is 5.11 Å². The van der Waals surface area contributed by atoms with Crippen molar-refractivity contribution in [2.75, 3.05) is 0 Å². The van der Waals surface area contributed by atoms with Gasteiger partial charge in [0.05, 0.1) is 5.02 Å². The summed E-state index contributed by atoms with van der Waals surface area (Å²) in [5.41, 5.74) is 2.99. The summed E-state index contributed by atoms with van der Waals surface area (Å²) in [4.78, 5) is 4.22. The van der Waals surface area contributed by atoms with Crippen LogP contribution in [0.25, 0.3) is 28.1 Å². The number of fused-ring (bicyclic) bond motifs is 1. The molecule has 1 heterocycles. The van der Waals surface area contributed by atoms with Gasteiger partial charge in [0.15, 0.2) is 0 Å². The van der Waals surface area contributed by atoms with Crippen LogP contribution in [0.4, 0.5) is 0 Å². The second kappa shape index (κ2) is 4.99. The normalized spacial score (nSPS) is 10.7. The largest absolute Gasteiger partial charge is 0.505 e. The molecule has 98 valence electrons. The highest BCUT2D eigenvalue weighted by atomic mass is 35.5. The maximum Gasteiger partial charge on any atom is 0.149 e. The first-order valence-corrected chi connectivity index (χ1v) is 6.58. The number of hydrogen-bond donors (Lipinski definition) is 1. The molecule has 0 saturated carbocycles. The van der Waals surface area contributed by atoms with E-state index in [4.69, 9.17) is 11.6 Å². The van der Waals surface area contributed by atoms with Crippen molar-refractivity contribution in [1.82, 2.24) is 4.98 Å². The van der Waals surface area contributed by atoms with Gasteiger partial charge in [-0.25, -0.2) is 0 Å². The Morgan fingerprint density at radius 2 is 1.90 bits per heavy atom. The SMILES string of the molecule is C=Cc1ccccc1-c1cc(Cl)c2cccnc2c1O. The summed E-state index contributed by atoms with van der Waals surface area (Å²) in [5.74, 6) is 0.138. The van der Waals surface area contributed by atoms with E-state index in [0.717, 1.165) is 16.5 Å². The molecule has 1 N–H and O–H groups in total. The Labute approximate surface area is 122 Å². The van der Waals surface area contributed by atoms with Crippen LogP contribution in [0.5, 0.6) is 5.75 Å². The molecule has 2 nitrogen and oxygen atoms in total. The van der Waals surface area contributed by atoms with Crippen LogP contribution < -0.4 is 0 Å². The maximum atomic E-state index is 10.5. The Hall–Kier alpha value is -2.32. The van der Waals surface area contributed by atoms with E-state index in [2.05, 4.69) is 11.6 Å². The number of phenolic OH excluding ortho intramolecular Hbond substituents is 1. The molecule has 0 atom stereocenters. The summed E-state index contributed by atoms with van der Waals surface area (Å²) in [6.07, 6.45) is 3.40. The van der Waals surface area contributed by atoms with Crippen LogP contribution in [0.15, 0.2) is 55.2 Å². The minimum absolute atomic E-state index is 0.138. The van der Waals surface area contributed by atoms with E-state index in [1.807, 2.05) is 30.3 Å². The van der Waals surface area contributed by atoms with Crippen molar-refractivity contribution in [3.8, 4) is 16.9 Å². The van der Waals surface area contributed by atoms with E-state index in [-0.39, 0.29) is 5.75 Å². The van der Waals surface area contributed by atoms with E-state index < -0.39 is 0 Å². The van der Waals surface area contributed by atoms with Crippen LogP contribution in [-0.4, -0.2) is 10.1 Å². The second-order valence-electron chi connectivity index (χ2n) is 4.45. The van der Waals surface area contributed by atoms with Gasteiger partial charge >= 0.3 is 0 Å². The molecule has 0 aliphatic carbocycles. The Balaban J connectivity index is 2.38. The van der Waals surface area contributed by atoms with Gasteiger partial charge in [-0.05, 0) is 29.3 Å². The number of aromatic nitrogens is 1. The van der Waals surface area contributed by atoms with Gasteiger partial charge in [-0.2, -0.15) is 0 Å². The Bertz CT molecular complexity index is 811. The fraction of sp³-hybridized carbons (Fsp3) is 0. The Kier molecular flexibility index (Phi) is 3.17. The topological polar surface area (TPSA) is 33.1 Å². The summed E-state index contributed by atoms with van der Waals surface area (Å²) in [7, 11) is 0. The zero-order chi connectivity index (χ0) is 14.1. The minimum atomic E-state index is 0.138. The van der Waals surface area contributed by atoms with E-state index in [0.29, 0.717) is 16.1 Å². The molecule has 20 heavy (non-hydrogen) atoms. The lowest BCUT2D eigenvalue weighted by Crippen LogP contribution is -1.88. The molecular weight excluding hydrogens is 270 g/mol. The average molecular weight is 282 g/mol. The third-order valence-electron chi connectivity index (χ3n) is 3.29. The van der Waals surface area contributed by atoms with Crippen LogP contribution >= 0.6 is 11.6 Å². The summed E-state index contributed by atoms with van der Waals surface area (Å²) in [6.45, 7) is 3.80. The van der Waals surface area contributed by atoms with Crippen LogP contribution in [0.2, 0.25) is 5.02 Å². The Morgan fingerprint density at radius 3 is 2.70 bits per heavy atom. The molecule has 0 fully saturated rings. The number of benzene rings is 2. The van der Waals surface area contributed by atoms with Crippen molar-refractivity contribution < 1.29 is 5.11 Å². The highest BCUT2D eigenvalue weighted by molar-refractivity contribution is 6.36. The lowest BCUT2D eigenvalue weighted by atomic mass is 9.97. The van der Waals surface area contributed by atoms with Gasteiger partial charge in [0.25, 0.3) is 0 Å². The van der Waals surface area contributed by atoms with E-state index in [9.17, 15) is 5.11 Å². The standard InChI is InChI=1S/C17H12ClNO/c1-2-11-6-3-4-7-12(11)14-10-15(18)13-8-5-9-19-16(13)17(14)20/h2-10,20H,1H2. The molecule has 0 bridgehead atoms. The molecule has 0 aliphatic heterocycles. The van der Waals surface area contributed by atoms with Crippen molar-refractivity contribution in [3.63, 3.8) is 0 Å². The zero-order valence-corrected chi connectivity index (χ0v) is 11.4. The quantitative estimate of drug-likeness (QED) is 0.724. The first kappa shape index (κ1) is 12.7. The van der Waals surface area contributed by atoms with Crippen molar-refractivity contribution in [2.45, 2.75) is 0 Å². The van der Waals surface area contributed by atoms with Crippen LogP contribution in [0.3, 0.4) is 0 Å². The van der Waals surface area contributed by atoms with Gasteiger partial charge in [-0.3, -0.25) is 4.98 Å². The molecule has 0 radical (unpaired) electrons. The first-order chi connectivity index (χ1) is 9.72. The molecule has 0 saturated heterocycles. The number of pyridine rings is 1. The molecule has 3 aromatic rings. The third-order valence-corrected chi connectivity index (χ3v) is 3.60. The third kappa shape index (κ3) is 1.95. The van der Waals surface area contributed by atoms with Crippen molar-refractivity contribution >= 4 is 28.6 Å². The highest BCUT2D eigenvalue weighted by Gasteiger charge is 2.14. The summed E-state index contributed by atoms with van der Waals surface area (Å²) >= 11 is 6.30. The highest BCUT2D eigenvalue weighted by Crippen LogP contribution is 2.40. The number of nitrogens with zero attached hydrogens (tertiary/aromatic N) is 1. The van der Waals surface area contributed by atoms with Gasteiger partial charge in [-0.15, -0.1) is 0 Å². The van der Waals surface area contributed by atoms with Crippen LogP contribution in [0, 0.1) is 0 Å². The predicted octanol–water partition coefficient (Wildman–Crippen LogP) is 4.90. The zero-order valence-electron chi connectivity index (χ0n) is 10.7. The molecule has 3 heteroatoms. The molecule has 3 rings (SSSR count). The lowest BCUT2D eigenvalue weighted by Gasteiger charge is -2.11. The van der Waals surface area contributed by atoms with Gasteiger partial charge in [0, 0.05) is 17.1 Å². The first-order valence-electron chi connectivity index (χ1n) is 6.20. The molecule has 2 aromatic carbocycles. The Morgan fingerprint density at radius 1 is 1.10 bits per heavy atom. The van der Waals surface area contributed by atoms with E-state index in [1.54, 1.807) is 24.4 Å². The molecular formula is C17H12ClNO. The smallest absolute Gasteiger partial charge is 0.149 e. The van der Waals surface area contributed by atoms with E-state index in [1.165, 1.54) is 0 Å². The van der Waals surface area contributed by atoms with E-state index >= 15 is 0 Å². The summed E-state index contributed by atoms with van der Waals surface area (Å²) in [5, 5.41) is 11.8. The number of phenols is 1. The van der Waals surface area contributed by atoms with Gasteiger partial charge in [0.2, 0.25) is 0 Å².